The van der Waals surface area contributed by atoms with Crippen molar-refractivity contribution in [2.75, 3.05) is 11.3 Å². The van der Waals surface area contributed by atoms with Gasteiger partial charge in [-0.25, -0.2) is 23.1 Å². The van der Waals surface area contributed by atoms with Crippen LogP contribution in [-0.2, 0) is 16.6 Å². The number of hydrogen-bond donors (Lipinski definition) is 2. The molecular formula is C13H15N3O4S. The lowest BCUT2D eigenvalue weighted by Crippen LogP contribution is -2.15. The third-order valence-electron chi connectivity index (χ3n) is 2.60. The molecule has 2 aromatic rings. The maximum atomic E-state index is 12.2. The van der Waals surface area contributed by atoms with E-state index in [9.17, 15) is 13.5 Å². The standard InChI is InChI=1S/C13H15N3O4S/c1-2-20-12-5-4-11(8-10(12)9-17)21(18,19)16-13-14-6-3-7-15-13/h3-8,17H,2,9H2,1H3,(H,14,15,16). The van der Waals surface area contributed by atoms with Gasteiger partial charge in [-0.15, -0.1) is 0 Å². The van der Waals surface area contributed by atoms with Crippen LogP contribution < -0.4 is 9.46 Å². The molecule has 0 aliphatic heterocycles. The molecule has 1 heterocycles. The predicted octanol–water partition coefficient (Wildman–Crippen LogP) is 1.17. The van der Waals surface area contributed by atoms with Gasteiger partial charge in [0.25, 0.3) is 10.0 Å². The van der Waals surface area contributed by atoms with Gasteiger partial charge in [-0.05, 0) is 31.2 Å². The molecule has 7 nitrogen and oxygen atoms in total. The van der Waals surface area contributed by atoms with E-state index in [2.05, 4.69) is 14.7 Å². The number of nitrogens with one attached hydrogen (secondary N) is 1. The summed E-state index contributed by atoms with van der Waals surface area (Å²) in [5, 5.41) is 9.31. The SMILES string of the molecule is CCOc1ccc(S(=O)(=O)Nc2ncccn2)cc1CO. The summed E-state index contributed by atoms with van der Waals surface area (Å²) >= 11 is 0. The van der Waals surface area contributed by atoms with Crippen LogP contribution >= 0.6 is 0 Å². The molecule has 0 aliphatic rings. The molecule has 0 unspecified atom stereocenters. The van der Waals surface area contributed by atoms with E-state index >= 15 is 0 Å². The van der Waals surface area contributed by atoms with Gasteiger partial charge in [-0.2, -0.15) is 0 Å². The van der Waals surface area contributed by atoms with Crippen LogP contribution in [0.2, 0.25) is 0 Å². The molecule has 0 saturated carbocycles. The maximum Gasteiger partial charge on any atom is 0.264 e. The highest BCUT2D eigenvalue weighted by molar-refractivity contribution is 7.92. The molecule has 0 amide bonds. The van der Waals surface area contributed by atoms with Crippen LogP contribution in [-0.4, -0.2) is 30.1 Å². The van der Waals surface area contributed by atoms with Gasteiger partial charge in [0.05, 0.1) is 18.1 Å². The molecule has 0 saturated heterocycles. The Morgan fingerprint density at radius 3 is 2.62 bits per heavy atom. The van der Waals surface area contributed by atoms with Gasteiger partial charge >= 0.3 is 0 Å². The van der Waals surface area contributed by atoms with E-state index in [0.717, 1.165) is 0 Å². The Balaban J connectivity index is 2.32. The van der Waals surface area contributed by atoms with Crippen molar-refractivity contribution in [1.82, 2.24) is 9.97 Å². The Kier molecular flexibility index (Phi) is 4.71. The lowest BCUT2D eigenvalue weighted by Gasteiger charge is -2.11. The van der Waals surface area contributed by atoms with Crippen LogP contribution in [0.1, 0.15) is 12.5 Å². The first-order valence-corrected chi connectivity index (χ1v) is 7.71. The summed E-state index contributed by atoms with van der Waals surface area (Å²) in [6, 6.07) is 5.85. The molecule has 1 aromatic carbocycles. The van der Waals surface area contributed by atoms with Gasteiger partial charge in [0, 0.05) is 18.0 Å². The lowest BCUT2D eigenvalue weighted by atomic mass is 10.2. The van der Waals surface area contributed by atoms with Crippen LogP contribution in [0, 0.1) is 0 Å². The van der Waals surface area contributed by atoms with Crippen molar-refractivity contribution in [3.05, 3.63) is 42.2 Å². The lowest BCUT2D eigenvalue weighted by molar-refractivity contribution is 0.266. The second-order valence-electron chi connectivity index (χ2n) is 4.04. The smallest absolute Gasteiger partial charge is 0.264 e. The highest BCUT2D eigenvalue weighted by Crippen LogP contribution is 2.23. The van der Waals surface area contributed by atoms with Gasteiger partial charge in [0.2, 0.25) is 5.95 Å². The minimum absolute atomic E-state index is 0.00227. The van der Waals surface area contributed by atoms with Gasteiger partial charge in [-0.1, -0.05) is 0 Å². The number of benzene rings is 1. The zero-order chi connectivity index (χ0) is 15.3. The second-order valence-corrected chi connectivity index (χ2v) is 5.72. The Morgan fingerprint density at radius 1 is 1.29 bits per heavy atom. The summed E-state index contributed by atoms with van der Waals surface area (Å²) in [5.41, 5.74) is 0.397. The van der Waals surface area contributed by atoms with E-state index in [-0.39, 0.29) is 17.5 Å². The number of aliphatic hydroxyl groups excluding tert-OH is 1. The zero-order valence-electron chi connectivity index (χ0n) is 11.4. The average Bonchev–Trinajstić information content (AvgIpc) is 2.48. The number of ether oxygens (including phenoxy) is 1. The number of sulfonamides is 1. The minimum atomic E-state index is -3.82. The first-order chi connectivity index (χ1) is 10.1. The molecule has 0 fully saturated rings. The topological polar surface area (TPSA) is 101 Å². The van der Waals surface area contributed by atoms with Gasteiger partial charge in [0.15, 0.2) is 0 Å². The van der Waals surface area contributed by atoms with Crippen LogP contribution in [0.5, 0.6) is 5.75 Å². The molecule has 0 aliphatic carbocycles. The maximum absolute atomic E-state index is 12.2. The largest absolute Gasteiger partial charge is 0.494 e. The van der Waals surface area contributed by atoms with E-state index < -0.39 is 10.0 Å². The summed E-state index contributed by atoms with van der Waals surface area (Å²) in [4.78, 5) is 7.61. The molecule has 0 atom stereocenters. The number of nitrogens with zero attached hydrogens (tertiary/aromatic N) is 2. The monoisotopic (exact) mass is 309 g/mol. The third-order valence-corrected chi connectivity index (χ3v) is 3.93. The summed E-state index contributed by atoms with van der Waals surface area (Å²) in [7, 11) is -3.82. The van der Waals surface area contributed by atoms with Crippen molar-refractivity contribution >= 4 is 16.0 Å². The van der Waals surface area contributed by atoms with E-state index in [0.29, 0.717) is 17.9 Å². The van der Waals surface area contributed by atoms with Crippen LogP contribution in [0.3, 0.4) is 0 Å². The minimum Gasteiger partial charge on any atom is -0.494 e. The second kappa shape index (κ2) is 6.51. The predicted molar refractivity (Wildman–Crippen MR) is 76.4 cm³/mol. The normalized spacial score (nSPS) is 11.1. The fraction of sp³-hybridized carbons (Fsp3) is 0.231. The fourth-order valence-corrected chi connectivity index (χ4v) is 2.68. The number of rotatable bonds is 6. The highest BCUT2D eigenvalue weighted by atomic mass is 32.2. The first kappa shape index (κ1) is 15.2. The van der Waals surface area contributed by atoms with Gasteiger partial charge < -0.3 is 9.84 Å². The number of anilines is 1. The fourth-order valence-electron chi connectivity index (χ4n) is 1.67. The van der Waals surface area contributed by atoms with Crippen molar-refractivity contribution in [3.63, 3.8) is 0 Å². The molecule has 0 bridgehead atoms. The van der Waals surface area contributed by atoms with Crippen LogP contribution in [0.15, 0.2) is 41.6 Å². The molecule has 2 rings (SSSR count). The van der Waals surface area contributed by atoms with Crippen molar-refractivity contribution < 1.29 is 18.3 Å². The van der Waals surface area contributed by atoms with E-state index in [1.165, 1.54) is 30.6 Å². The summed E-state index contributed by atoms with van der Waals surface area (Å²) in [6.45, 7) is 1.91. The van der Waals surface area contributed by atoms with E-state index in [4.69, 9.17) is 4.74 Å². The molecule has 21 heavy (non-hydrogen) atoms. The quantitative estimate of drug-likeness (QED) is 0.830. The van der Waals surface area contributed by atoms with Crippen molar-refractivity contribution in [2.24, 2.45) is 0 Å². The number of aliphatic hydroxyl groups is 1. The van der Waals surface area contributed by atoms with Gasteiger partial charge in [-0.3, -0.25) is 0 Å². The Hall–Kier alpha value is -2.19. The Labute approximate surface area is 122 Å². The molecule has 0 radical (unpaired) electrons. The molecule has 8 heteroatoms. The first-order valence-electron chi connectivity index (χ1n) is 6.23. The summed E-state index contributed by atoms with van der Waals surface area (Å²) in [6.07, 6.45) is 2.87. The molecule has 0 spiro atoms. The molecule has 112 valence electrons. The molecule has 2 N–H and O–H groups in total. The number of hydrogen-bond acceptors (Lipinski definition) is 6. The molecular weight excluding hydrogens is 294 g/mol. The van der Waals surface area contributed by atoms with Crippen molar-refractivity contribution in [3.8, 4) is 5.75 Å². The highest BCUT2D eigenvalue weighted by Gasteiger charge is 2.17. The Morgan fingerprint density at radius 2 is 2.00 bits per heavy atom. The van der Waals surface area contributed by atoms with E-state index in [1.54, 1.807) is 13.0 Å². The Bertz CT molecular complexity index is 705. The number of aromatic nitrogens is 2. The third kappa shape index (κ3) is 3.67. The van der Waals surface area contributed by atoms with Crippen LogP contribution in [0.25, 0.3) is 0 Å². The summed E-state index contributed by atoms with van der Waals surface area (Å²) in [5.74, 6) is 0.437. The molecule has 1 aromatic heterocycles. The van der Waals surface area contributed by atoms with Gasteiger partial charge in [0.1, 0.15) is 5.75 Å². The zero-order valence-corrected chi connectivity index (χ0v) is 12.2. The van der Waals surface area contributed by atoms with E-state index in [1.807, 2.05) is 0 Å². The van der Waals surface area contributed by atoms with Crippen LogP contribution in [0.4, 0.5) is 5.95 Å². The average molecular weight is 309 g/mol. The van der Waals surface area contributed by atoms with Crippen molar-refractivity contribution in [2.45, 2.75) is 18.4 Å². The van der Waals surface area contributed by atoms with Crippen molar-refractivity contribution in [1.29, 1.82) is 0 Å². The summed E-state index contributed by atoms with van der Waals surface area (Å²) < 4.78 is 32.0.